The van der Waals surface area contributed by atoms with Gasteiger partial charge in [-0.15, -0.1) is 0 Å². The Bertz CT molecular complexity index is 1200. The number of fused-ring (bicyclic) bond motifs is 1. The molecule has 4 rings (SSSR count). The lowest BCUT2D eigenvalue weighted by Crippen LogP contribution is -2.47. The maximum absolute atomic E-state index is 13.4. The van der Waals surface area contributed by atoms with Crippen LogP contribution in [0.1, 0.15) is 21.5 Å². The summed E-state index contributed by atoms with van der Waals surface area (Å²) in [5.74, 6) is -0.499. The molecule has 0 saturated heterocycles. The Hall–Kier alpha value is -3.16. The summed E-state index contributed by atoms with van der Waals surface area (Å²) in [7, 11) is 0. The maximum Gasteiger partial charge on any atom is 0.414 e. The molecule has 0 saturated carbocycles. The Kier molecular flexibility index (Phi) is 7.11. The predicted molar refractivity (Wildman–Crippen MR) is 131 cm³/mol. The molecule has 0 radical (unpaired) electrons. The average Bonchev–Trinajstić information content (AvgIpc) is 2.86. The van der Waals surface area contributed by atoms with E-state index in [2.05, 4.69) is 15.9 Å². The molecule has 0 aromatic heterocycles. The van der Waals surface area contributed by atoms with Crippen molar-refractivity contribution < 1.29 is 19.1 Å². The summed E-state index contributed by atoms with van der Waals surface area (Å²) in [5, 5.41) is 0.523. The van der Waals surface area contributed by atoms with E-state index in [1.165, 1.54) is 9.80 Å². The number of carbonyl (C=O) groups excluding carboxylic acids is 3. The van der Waals surface area contributed by atoms with Gasteiger partial charge < -0.3 is 9.64 Å². The minimum Gasteiger partial charge on any atom is -0.444 e. The molecule has 0 fully saturated rings. The van der Waals surface area contributed by atoms with Gasteiger partial charge in [-0.05, 0) is 29.8 Å². The Labute approximate surface area is 204 Å². The van der Waals surface area contributed by atoms with E-state index in [1.807, 2.05) is 30.3 Å². The normalized spacial score (nSPS) is 12.8. The molecular weight excluding hydrogens is 508 g/mol. The zero-order valence-electron chi connectivity index (χ0n) is 17.5. The van der Waals surface area contributed by atoms with Crippen LogP contribution in [0.4, 0.5) is 16.2 Å². The van der Waals surface area contributed by atoms with Crippen molar-refractivity contribution in [3.63, 3.8) is 0 Å². The minimum atomic E-state index is -0.543. The molecule has 1 aliphatic heterocycles. The molecule has 3 aromatic rings. The number of benzene rings is 3. The van der Waals surface area contributed by atoms with E-state index in [-0.39, 0.29) is 36.7 Å². The van der Waals surface area contributed by atoms with Crippen molar-refractivity contribution in [3.8, 4) is 0 Å². The number of carbonyl (C=O) groups is 3. The summed E-state index contributed by atoms with van der Waals surface area (Å²) in [6.07, 6.45) is -0.543. The molecule has 6 nitrogen and oxygen atoms in total. The van der Waals surface area contributed by atoms with Gasteiger partial charge in [-0.1, -0.05) is 76.1 Å². The van der Waals surface area contributed by atoms with Gasteiger partial charge >= 0.3 is 6.09 Å². The van der Waals surface area contributed by atoms with Crippen molar-refractivity contribution in [1.29, 1.82) is 0 Å². The first kappa shape index (κ1) is 23.0. The van der Waals surface area contributed by atoms with Crippen LogP contribution in [-0.4, -0.2) is 36.2 Å². The van der Waals surface area contributed by atoms with Crippen molar-refractivity contribution in [2.45, 2.75) is 6.61 Å². The monoisotopic (exact) mass is 526 g/mol. The van der Waals surface area contributed by atoms with Crippen molar-refractivity contribution >= 4 is 56.7 Å². The van der Waals surface area contributed by atoms with E-state index in [0.717, 1.165) is 5.56 Å². The molecule has 0 atom stereocenters. The lowest BCUT2D eigenvalue weighted by molar-refractivity contribution is -0.116. The largest absolute Gasteiger partial charge is 0.444 e. The van der Waals surface area contributed by atoms with Crippen molar-refractivity contribution in [1.82, 2.24) is 0 Å². The Morgan fingerprint density at radius 1 is 0.909 bits per heavy atom. The second-order valence-corrected chi connectivity index (χ2v) is 8.38. The fourth-order valence-electron chi connectivity index (χ4n) is 3.74. The molecule has 0 bridgehead atoms. The molecule has 1 heterocycles. The summed E-state index contributed by atoms with van der Waals surface area (Å²) in [5.41, 5.74) is 2.40. The van der Waals surface area contributed by atoms with Gasteiger partial charge in [-0.3, -0.25) is 14.5 Å². The van der Waals surface area contributed by atoms with Gasteiger partial charge in [0.1, 0.15) is 6.61 Å². The summed E-state index contributed by atoms with van der Waals surface area (Å²) in [4.78, 5) is 42.0. The molecule has 0 N–H and O–H groups in total. The van der Waals surface area contributed by atoms with Crippen LogP contribution in [0.25, 0.3) is 0 Å². The van der Waals surface area contributed by atoms with Gasteiger partial charge in [0, 0.05) is 29.2 Å². The van der Waals surface area contributed by atoms with E-state index >= 15 is 0 Å². The predicted octanol–water partition coefficient (Wildman–Crippen LogP) is 5.46. The molecule has 0 aliphatic carbocycles. The summed E-state index contributed by atoms with van der Waals surface area (Å²) < 4.78 is 5.52. The summed E-state index contributed by atoms with van der Waals surface area (Å²) in [6, 6.07) is 21.0. The number of ether oxygens (including phenoxy) is 1. The number of anilines is 2. The van der Waals surface area contributed by atoms with Crippen LogP contribution in [0.3, 0.4) is 0 Å². The fraction of sp³-hybridized carbons (Fsp3) is 0.160. The van der Waals surface area contributed by atoms with Crippen LogP contribution in [0, 0.1) is 0 Å². The fourth-order valence-corrected chi connectivity index (χ4v) is 4.23. The molecule has 2 amide bonds. The number of hydrogen-bond acceptors (Lipinski definition) is 4. The summed E-state index contributed by atoms with van der Waals surface area (Å²) >= 11 is 9.29. The number of amides is 2. The van der Waals surface area contributed by atoms with Gasteiger partial charge in [0.05, 0.1) is 16.7 Å². The number of hydrogen-bond donors (Lipinski definition) is 0. The highest BCUT2D eigenvalue weighted by atomic mass is 79.9. The zero-order valence-corrected chi connectivity index (χ0v) is 19.9. The second-order valence-electron chi connectivity index (χ2n) is 7.38. The van der Waals surface area contributed by atoms with Crippen LogP contribution in [0.2, 0.25) is 5.02 Å². The number of nitrogens with zero attached hydrogens (tertiary/aromatic N) is 2. The molecule has 8 heteroatoms. The quantitative estimate of drug-likeness (QED) is 0.327. The third kappa shape index (κ3) is 4.94. The molecular formula is C25H20BrClN2O4. The minimum absolute atomic E-state index is 0.0879. The van der Waals surface area contributed by atoms with Crippen LogP contribution < -0.4 is 9.80 Å². The highest BCUT2D eigenvalue weighted by molar-refractivity contribution is 9.09. The first-order valence-electron chi connectivity index (χ1n) is 10.3. The number of alkyl halides is 1. The first-order chi connectivity index (χ1) is 16.0. The van der Waals surface area contributed by atoms with Gasteiger partial charge in [0.25, 0.3) is 0 Å². The molecule has 33 heavy (non-hydrogen) atoms. The molecule has 0 spiro atoms. The SMILES string of the molecule is O=C(c1cccc(Cl)c1)c1cccc2c1N(C(=O)CBr)CCN2C(=O)OCc1ccccc1. The van der Waals surface area contributed by atoms with Crippen LogP contribution in [0.15, 0.2) is 72.8 Å². The molecule has 0 unspecified atom stereocenters. The van der Waals surface area contributed by atoms with Crippen molar-refractivity contribution in [2.75, 3.05) is 28.2 Å². The Morgan fingerprint density at radius 2 is 1.64 bits per heavy atom. The van der Waals surface area contributed by atoms with Gasteiger partial charge in [-0.25, -0.2) is 4.79 Å². The Balaban J connectivity index is 1.71. The zero-order chi connectivity index (χ0) is 23.4. The number of halogens is 2. The lowest BCUT2D eigenvalue weighted by Gasteiger charge is -2.37. The summed E-state index contributed by atoms with van der Waals surface area (Å²) in [6.45, 7) is 0.600. The third-order valence-electron chi connectivity index (χ3n) is 5.29. The number of ketones is 1. The highest BCUT2D eigenvalue weighted by Gasteiger charge is 2.34. The topological polar surface area (TPSA) is 66.9 Å². The Morgan fingerprint density at radius 3 is 2.36 bits per heavy atom. The van der Waals surface area contributed by atoms with E-state index in [9.17, 15) is 14.4 Å². The number of para-hydroxylation sites is 1. The number of rotatable bonds is 5. The molecule has 3 aromatic carbocycles. The van der Waals surface area contributed by atoms with E-state index in [1.54, 1.807) is 42.5 Å². The van der Waals surface area contributed by atoms with Crippen LogP contribution in [-0.2, 0) is 16.1 Å². The standard InChI is InChI=1S/C25H20BrClN2O4/c26-15-22(30)29-13-12-28(25(32)33-16-17-6-2-1-3-7-17)21-11-5-10-20(23(21)29)24(31)18-8-4-9-19(27)14-18/h1-11,14H,12-13,15-16H2. The highest BCUT2D eigenvalue weighted by Crippen LogP contribution is 2.38. The maximum atomic E-state index is 13.4. The van der Waals surface area contributed by atoms with Crippen LogP contribution >= 0.6 is 27.5 Å². The van der Waals surface area contributed by atoms with Gasteiger partial charge in [0.2, 0.25) is 5.91 Å². The molecule has 168 valence electrons. The lowest BCUT2D eigenvalue weighted by atomic mass is 9.98. The third-order valence-corrected chi connectivity index (χ3v) is 6.01. The van der Waals surface area contributed by atoms with Gasteiger partial charge in [-0.2, -0.15) is 0 Å². The van der Waals surface area contributed by atoms with E-state index < -0.39 is 6.09 Å². The average molecular weight is 528 g/mol. The van der Waals surface area contributed by atoms with Gasteiger partial charge in [0.15, 0.2) is 5.78 Å². The molecule has 1 aliphatic rings. The van der Waals surface area contributed by atoms with Crippen molar-refractivity contribution in [2.24, 2.45) is 0 Å². The van der Waals surface area contributed by atoms with Crippen molar-refractivity contribution in [3.05, 3.63) is 94.5 Å². The second kappa shape index (κ2) is 10.2. The van der Waals surface area contributed by atoms with Crippen LogP contribution in [0.5, 0.6) is 0 Å². The smallest absolute Gasteiger partial charge is 0.414 e. The van der Waals surface area contributed by atoms with E-state index in [4.69, 9.17) is 16.3 Å². The van der Waals surface area contributed by atoms with E-state index in [0.29, 0.717) is 27.5 Å². The first-order valence-corrected chi connectivity index (χ1v) is 11.8.